The van der Waals surface area contributed by atoms with Gasteiger partial charge < -0.3 is 15.8 Å². The maximum atomic E-state index is 13.0. The van der Waals surface area contributed by atoms with Gasteiger partial charge in [-0.1, -0.05) is 12.1 Å². The molecule has 0 heterocycles. The summed E-state index contributed by atoms with van der Waals surface area (Å²) in [5, 5.41) is 2.57. The summed E-state index contributed by atoms with van der Waals surface area (Å²) in [5.41, 5.74) is 7.44. The van der Waals surface area contributed by atoms with Gasteiger partial charge in [-0.3, -0.25) is 4.79 Å². The third-order valence-corrected chi connectivity index (χ3v) is 2.77. The van der Waals surface area contributed by atoms with Gasteiger partial charge >= 0.3 is 0 Å². The van der Waals surface area contributed by atoms with Crippen molar-refractivity contribution in [2.75, 3.05) is 18.2 Å². The molecule has 2 aromatic carbocycles. The van der Waals surface area contributed by atoms with E-state index < -0.39 is 5.82 Å². The lowest BCUT2D eigenvalue weighted by atomic mass is 10.1. The number of amides is 1. The first kappa shape index (κ1) is 14.6. The van der Waals surface area contributed by atoms with Crippen molar-refractivity contribution in [2.45, 2.75) is 0 Å². The summed E-state index contributed by atoms with van der Waals surface area (Å²) in [6, 6.07) is 10.9. The molecule has 2 aromatic rings. The first-order valence-corrected chi connectivity index (χ1v) is 6.26. The molecule has 4 nitrogen and oxygen atoms in total. The Morgan fingerprint density at radius 1 is 1.29 bits per heavy atom. The molecule has 0 saturated heterocycles. The fourth-order valence-electron chi connectivity index (χ4n) is 1.78. The highest BCUT2D eigenvalue weighted by Crippen LogP contribution is 2.22. The number of hydrogen-bond donors (Lipinski definition) is 2. The van der Waals surface area contributed by atoms with E-state index >= 15 is 0 Å². The van der Waals surface area contributed by atoms with Gasteiger partial charge in [-0.15, -0.1) is 0 Å². The number of halogens is 1. The third kappa shape index (κ3) is 4.07. The monoisotopic (exact) mass is 286 g/mol. The predicted molar refractivity (Wildman–Crippen MR) is 81.5 cm³/mol. The number of carbonyl (C=O) groups is 1. The maximum Gasteiger partial charge on any atom is 0.248 e. The van der Waals surface area contributed by atoms with Gasteiger partial charge in [0.05, 0.1) is 12.8 Å². The molecule has 0 aromatic heterocycles. The number of nitrogens with two attached hydrogens (primary N) is 1. The molecule has 0 atom stereocenters. The Bertz CT molecular complexity index is 684. The van der Waals surface area contributed by atoms with Crippen LogP contribution >= 0.6 is 0 Å². The zero-order valence-electron chi connectivity index (χ0n) is 11.5. The molecule has 0 fully saturated rings. The van der Waals surface area contributed by atoms with Crippen molar-refractivity contribution in [3.05, 3.63) is 59.9 Å². The first-order chi connectivity index (χ1) is 10.1. The molecule has 5 heteroatoms. The predicted octanol–water partition coefficient (Wildman–Crippen LogP) is 3.07. The van der Waals surface area contributed by atoms with E-state index in [-0.39, 0.29) is 5.91 Å². The Kier molecular flexibility index (Phi) is 4.56. The lowest BCUT2D eigenvalue weighted by molar-refractivity contribution is -0.111. The van der Waals surface area contributed by atoms with Crippen LogP contribution < -0.4 is 15.8 Å². The molecule has 0 radical (unpaired) electrons. The molecule has 0 aliphatic heterocycles. The Morgan fingerprint density at radius 2 is 2.10 bits per heavy atom. The molecule has 0 spiro atoms. The molecule has 2 rings (SSSR count). The van der Waals surface area contributed by atoms with Gasteiger partial charge in [0, 0.05) is 11.8 Å². The van der Waals surface area contributed by atoms with Crippen LogP contribution in [0.5, 0.6) is 5.75 Å². The van der Waals surface area contributed by atoms with Gasteiger partial charge in [0.15, 0.2) is 0 Å². The summed E-state index contributed by atoms with van der Waals surface area (Å²) >= 11 is 0. The van der Waals surface area contributed by atoms with Gasteiger partial charge in [0.25, 0.3) is 0 Å². The molecular weight excluding hydrogens is 271 g/mol. The number of nitrogen functional groups attached to an aromatic ring is 1. The lowest BCUT2D eigenvalue weighted by Gasteiger charge is -2.04. The van der Waals surface area contributed by atoms with Crippen molar-refractivity contribution in [1.82, 2.24) is 0 Å². The third-order valence-electron chi connectivity index (χ3n) is 2.77. The van der Waals surface area contributed by atoms with Crippen LogP contribution in [-0.2, 0) is 4.79 Å². The molecule has 0 aliphatic carbocycles. The van der Waals surface area contributed by atoms with Gasteiger partial charge in [-0.2, -0.15) is 0 Å². The van der Waals surface area contributed by atoms with Crippen LogP contribution in [0, 0.1) is 5.82 Å². The van der Waals surface area contributed by atoms with Crippen LogP contribution in [-0.4, -0.2) is 13.0 Å². The molecule has 0 unspecified atom stereocenters. The van der Waals surface area contributed by atoms with Crippen molar-refractivity contribution in [3.63, 3.8) is 0 Å². The van der Waals surface area contributed by atoms with E-state index in [2.05, 4.69) is 5.32 Å². The SMILES string of the molecule is COc1ccc(/C=C/C(=O)Nc2cccc(F)c2)cc1N. The van der Waals surface area contributed by atoms with Crippen molar-refractivity contribution in [3.8, 4) is 5.75 Å². The standard InChI is InChI=1S/C16H15FN2O2/c1-21-15-7-5-11(9-14(15)18)6-8-16(20)19-13-4-2-3-12(17)10-13/h2-10H,18H2,1H3,(H,19,20)/b8-6+. The molecule has 21 heavy (non-hydrogen) atoms. The van der Waals surface area contributed by atoms with E-state index in [1.807, 2.05) is 0 Å². The minimum Gasteiger partial charge on any atom is -0.495 e. The van der Waals surface area contributed by atoms with E-state index in [0.29, 0.717) is 17.1 Å². The van der Waals surface area contributed by atoms with E-state index in [1.54, 1.807) is 30.3 Å². The van der Waals surface area contributed by atoms with Crippen molar-refractivity contribution in [1.29, 1.82) is 0 Å². The summed E-state index contributed by atoms with van der Waals surface area (Å²) < 4.78 is 18.0. The highest BCUT2D eigenvalue weighted by molar-refractivity contribution is 6.01. The van der Waals surface area contributed by atoms with Crippen molar-refractivity contribution < 1.29 is 13.9 Å². The topological polar surface area (TPSA) is 64.3 Å². The molecular formula is C16H15FN2O2. The normalized spacial score (nSPS) is 10.6. The smallest absolute Gasteiger partial charge is 0.248 e. The van der Waals surface area contributed by atoms with E-state index in [0.717, 1.165) is 5.56 Å². The average molecular weight is 286 g/mol. The first-order valence-electron chi connectivity index (χ1n) is 6.26. The number of methoxy groups -OCH3 is 1. The summed E-state index contributed by atoms with van der Waals surface area (Å²) in [5.74, 6) is -0.175. The molecule has 0 aliphatic rings. The Labute approximate surface area is 122 Å². The summed E-state index contributed by atoms with van der Waals surface area (Å²) in [4.78, 5) is 11.7. The summed E-state index contributed by atoms with van der Waals surface area (Å²) in [6.45, 7) is 0. The minimum absolute atomic E-state index is 0.352. The van der Waals surface area contributed by atoms with Crippen LogP contribution in [0.2, 0.25) is 0 Å². The number of carbonyl (C=O) groups excluding carboxylic acids is 1. The second-order valence-corrected chi connectivity index (χ2v) is 4.33. The summed E-state index contributed by atoms with van der Waals surface area (Å²) in [7, 11) is 1.54. The van der Waals surface area contributed by atoms with Gasteiger partial charge in [-0.05, 0) is 42.0 Å². The quantitative estimate of drug-likeness (QED) is 0.670. The molecule has 108 valence electrons. The van der Waals surface area contributed by atoms with Crippen LogP contribution in [0.3, 0.4) is 0 Å². The number of benzene rings is 2. The van der Waals surface area contributed by atoms with Crippen molar-refractivity contribution >= 4 is 23.4 Å². The Balaban J connectivity index is 2.03. The Morgan fingerprint density at radius 3 is 2.76 bits per heavy atom. The number of anilines is 2. The molecule has 1 amide bonds. The summed E-state index contributed by atoms with van der Waals surface area (Å²) in [6.07, 6.45) is 2.97. The van der Waals surface area contributed by atoms with Crippen molar-refractivity contribution in [2.24, 2.45) is 0 Å². The fraction of sp³-hybridized carbons (Fsp3) is 0.0625. The minimum atomic E-state index is -0.403. The van der Waals surface area contributed by atoms with Crippen LogP contribution in [0.15, 0.2) is 48.5 Å². The lowest BCUT2D eigenvalue weighted by Crippen LogP contribution is -2.07. The largest absolute Gasteiger partial charge is 0.495 e. The fourth-order valence-corrected chi connectivity index (χ4v) is 1.78. The molecule has 0 bridgehead atoms. The number of rotatable bonds is 4. The molecule has 3 N–H and O–H groups in total. The van der Waals surface area contributed by atoms with E-state index in [1.165, 1.54) is 31.4 Å². The average Bonchev–Trinajstić information content (AvgIpc) is 2.45. The van der Waals surface area contributed by atoms with Gasteiger partial charge in [0.1, 0.15) is 11.6 Å². The van der Waals surface area contributed by atoms with Gasteiger partial charge in [-0.25, -0.2) is 4.39 Å². The number of ether oxygens (including phenoxy) is 1. The zero-order valence-corrected chi connectivity index (χ0v) is 11.5. The number of hydrogen-bond acceptors (Lipinski definition) is 3. The van der Waals surface area contributed by atoms with Crippen LogP contribution in [0.1, 0.15) is 5.56 Å². The van der Waals surface area contributed by atoms with E-state index in [9.17, 15) is 9.18 Å². The second-order valence-electron chi connectivity index (χ2n) is 4.33. The van der Waals surface area contributed by atoms with Crippen LogP contribution in [0.4, 0.5) is 15.8 Å². The van der Waals surface area contributed by atoms with E-state index in [4.69, 9.17) is 10.5 Å². The van der Waals surface area contributed by atoms with Gasteiger partial charge in [0.2, 0.25) is 5.91 Å². The molecule has 0 saturated carbocycles. The van der Waals surface area contributed by atoms with Crippen LogP contribution in [0.25, 0.3) is 6.08 Å². The number of nitrogens with one attached hydrogen (secondary N) is 1. The highest BCUT2D eigenvalue weighted by Gasteiger charge is 2.01. The second kappa shape index (κ2) is 6.56. The highest BCUT2D eigenvalue weighted by atomic mass is 19.1. The maximum absolute atomic E-state index is 13.0. The Hall–Kier alpha value is -2.82. The zero-order chi connectivity index (χ0) is 15.2.